The maximum absolute atomic E-state index is 13.4. The molecule has 0 unspecified atom stereocenters. The maximum Gasteiger partial charge on any atom is 0.259 e. The van der Waals surface area contributed by atoms with E-state index in [2.05, 4.69) is 21.7 Å². The fourth-order valence-corrected chi connectivity index (χ4v) is 4.02. The van der Waals surface area contributed by atoms with E-state index >= 15 is 0 Å². The zero-order valence-corrected chi connectivity index (χ0v) is 20.9. The average molecular weight is 489 g/mol. The van der Waals surface area contributed by atoms with Gasteiger partial charge in [0, 0.05) is 44.4 Å². The maximum atomic E-state index is 13.4. The molecule has 0 aliphatic carbocycles. The summed E-state index contributed by atoms with van der Waals surface area (Å²) in [6, 6.07) is 1.18. The molecule has 0 spiro atoms. The van der Waals surface area contributed by atoms with Crippen LogP contribution < -0.4 is 4.74 Å². The van der Waals surface area contributed by atoms with Gasteiger partial charge in [-0.3, -0.25) is 14.5 Å². The zero-order valence-electron chi connectivity index (χ0n) is 20.9. The van der Waals surface area contributed by atoms with Crippen molar-refractivity contribution in [2.24, 2.45) is 5.92 Å². The van der Waals surface area contributed by atoms with E-state index in [-0.39, 0.29) is 35.8 Å². The number of aliphatic hydroxyl groups is 2. The third-order valence-electron chi connectivity index (χ3n) is 6.29. The van der Waals surface area contributed by atoms with Crippen LogP contribution in [0.4, 0.5) is 0 Å². The largest absolute Gasteiger partial charge is 0.472 e. The number of hydrogen-bond acceptors (Lipinski definition) is 8. The number of aromatic nitrogens is 1. The lowest BCUT2D eigenvalue weighted by Gasteiger charge is -2.38. The van der Waals surface area contributed by atoms with Gasteiger partial charge in [0.05, 0.1) is 39.0 Å². The quantitative estimate of drug-likeness (QED) is 0.530. The fraction of sp³-hybridized carbons (Fsp3) is 0.640. The van der Waals surface area contributed by atoms with Gasteiger partial charge in [-0.15, -0.1) is 0 Å². The van der Waals surface area contributed by atoms with Crippen molar-refractivity contribution in [2.75, 3.05) is 59.6 Å². The predicted octanol–water partition coefficient (Wildman–Crippen LogP) is -0.175. The number of ether oxygens (including phenoxy) is 2. The van der Waals surface area contributed by atoms with Crippen LogP contribution in [-0.2, 0) is 9.53 Å². The molecule has 2 N–H and O–H groups in total. The Morgan fingerprint density at radius 3 is 2.71 bits per heavy atom. The number of carbonyl (C=O) groups excluding carboxylic acids is 2. The van der Waals surface area contributed by atoms with Crippen LogP contribution in [0.3, 0.4) is 0 Å². The number of rotatable bonds is 6. The zero-order chi connectivity index (χ0) is 25.5. The van der Waals surface area contributed by atoms with E-state index in [1.807, 2.05) is 6.92 Å². The minimum absolute atomic E-state index is 0.0154. The van der Waals surface area contributed by atoms with Crippen molar-refractivity contribution >= 4 is 11.8 Å². The van der Waals surface area contributed by atoms with Gasteiger partial charge in [-0.05, 0) is 19.9 Å². The molecule has 0 bridgehead atoms. The second-order valence-electron chi connectivity index (χ2n) is 9.31. The van der Waals surface area contributed by atoms with Gasteiger partial charge >= 0.3 is 0 Å². The molecule has 10 nitrogen and oxygen atoms in total. The third-order valence-corrected chi connectivity index (χ3v) is 6.29. The van der Waals surface area contributed by atoms with Crippen LogP contribution in [0.25, 0.3) is 0 Å². The molecule has 2 aliphatic rings. The molecule has 192 valence electrons. The number of fused-ring (bicyclic) bond motifs is 1. The molecule has 3 rings (SSSR count). The molecule has 10 heteroatoms. The molecule has 4 atom stereocenters. The summed E-state index contributed by atoms with van der Waals surface area (Å²) >= 11 is 0. The first-order valence-electron chi connectivity index (χ1n) is 12.0. The van der Waals surface area contributed by atoms with E-state index in [0.717, 1.165) is 13.1 Å². The molecule has 2 aliphatic heterocycles. The van der Waals surface area contributed by atoms with E-state index in [1.54, 1.807) is 36.8 Å². The Hall–Kier alpha value is -2.71. The molecular formula is C25H36N4O6. The number of nitrogens with zero attached hydrogens (tertiary/aromatic N) is 4. The van der Waals surface area contributed by atoms with Gasteiger partial charge < -0.3 is 29.5 Å². The average Bonchev–Trinajstić information content (AvgIpc) is 2.84. The number of aliphatic hydroxyl groups excluding tert-OH is 2. The van der Waals surface area contributed by atoms with Crippen molar-refractivity contribution in [2.45, 2.75) is 39.0 Å². The monoisotopic (exact) mass is 488 g/mol. The fourth-order valence-electron chi connectivity index (χ4n) is 4.02. The van der Waals surface area contributed by atoms with Crippen molar-refractivity contribution in [1.82, 2.24) is 19.7 Å². The summed E-state index contributed by atoms with van der Waals surface area (Å²) < 4.78 is 11.6. The van der Waals surface area contributed by atoms with Crippen molar-refractivity contribution in [3.63, 3.8) is 0 Å². The number of likely N-dealkylation sites (N-methyl/N-ethyl adjacent to an activating group) is 1. The molecule has 1 aromatic heterocycles. The minimum atomic E-state index is -0.814. The first-order valence-corrected chi connectivity index (χ1v) is 12.0. The van der Waals surface area contributed by atoms with Crippen LogP contribution in [0.2, 0.25) is 0 Å². The standard InChI is InChI=1S/C25H36N4O6/c1-17-13-29(18(2)16-30)25(33)21-11-20(6-5-19(3)31)12-26-24(21)35-22(17)14-27(4)23(32)15-28-7-9-34-10-8-28/h11-12,17-19,22,30-31H,7-10,13-16H2,1-4H3/t17-,18-,19+,22-/m0/s1. The van der Waals surface area contributed by atoms with Crippen LogP contribution in [0.1, 0.15) is 36.7 Å². The summed E-state index contributed by atoms with van der Waals surface area (Å²) in [7, 11) is 1.75. The Morgan fingerprint density at radius 2 is 2.06 bits per heavy atom. The Morgan fingerprint density at radius 1 is 1.34 bits per heavy atom. The highest BCUT2D eigenvalue weighted by atomic mass is 16.5. The van der Waals surface area contributed by atoms with E-state index in [9.17, 15) is 19.8 Å². The normalized spacial score (nSPS) is 22.6. The van der Waals surface area contributed by atoms with Crippen molar-refractivity contribution in [3.05, 3.63) is 23.4 Å². The smallest absolute Gasteiger partial charge is 0.259 e. The lowest BCUT2D eigenvalue weighted by molar-refractivity contribution is -0.133. The van der Waals surface area contributed by atoms with Crippen molar-refractivity contribution in [3.8, 4) is 17.7 Å². The van der Waals surface area contributed by atoms with Crippen LogP contribution in [0, 0.1) is 17.8 Å². The SMILES string of the molecule is C[C@@H](O)C#Cc1cnc2c(c1)C(=O)N([C@@H](C)CO)C[C@H](C)[C@H](CN(C)C(=O)CN1CCOCC1)O2. The summed E-state index contributed by atoms with van der Waals surface area (Å²) in [6.07, 6.45) is 0.263. The molecule has 1 fully saturated rings. The molecule has 1 aromatic rings. The Labute approximate surface area is 206 Å². The molecule has 1 saturated heterocycles. The van der Waals surface area contributed by atoms with Gasteiger partial charge in [-0.25, -0.2) is 4.98 Å². The van der Waals surface area contributed by atoms with Crippen LogP contribution in [-0.4, -0.2) is 120 Å². The van der Waals surface area contributed by atoms with Gasteiger partial charge in [0.25, 0.3) is 5.91 Å². The van der Waals surface area contributed by atoms with E-state index < -0.39 is 18.2 Å². The molecule has 2 amide bonds. The summed E-state index contributed by atoms with van der Waals surface area (Å²) in [4.78, 5) is 36.0. The third kappa shape index (κ3) is 7.15. The summed E-state index contributed by atoms with van der Waals surface area (Å²) in [5.74, 6) is 5.17. The molecule has 0 saturated carbocycles. The van der Waals surface area contributed by atoms with E-state index in [0.29, 0.717) is 38.4 Å². The molecule has 3 heterocycles. The Bertz CT molecular complexity index is 953. The second-order valence-corrected chi connectivity index (χ2v) is 9.31. The number of carbonyl (C=O) groups is 2. The topological polar surface area (TPSA) is 116 Å². The van der Waals surface area contributed by atoms with Crippen molar-refractivity contribution in [1.29, 1.82) is 0 Å². The highest BCUT2D eigenvalue weighted by molar-refractivity contribution is 5.97. The lowest BCUT2D eigenvalue weighted by Crippen LogP contribution is -2.51. The van der Waals surface area contributed by atoms with Crippen LogP contribution in [0.5, 0.6) is 5.88 Å². The van der Waals surface area contributed by atoms with Crippen LogP contribution >= 0.6 is 0 Å². The minimum Gasteiger partial charge on any atom is -0.472 e. The lowest BCUT2D eigenvalue weighted by atomic mass is 10.00. The Kier molecular flexibility index (Phi) is 9.46. The van der Waals surface area contributed by atoms with Gasteiger partial charge in [0.1, 0.15) is 17.8 Å². The first kappa shape index (κ1) is 26.9. The summed E-state index contributed by atoms with van der Waals surface area (Å²) in [6.45, 7) is 8.79. The van der Waals surface area contributed by atoms with Gasteiger partial charge in [0.2, 0.25) is 11.8 Å². The first-order chi connectivity index (χ1) is 16.7. The number of pyridine rings is 1. The summed E-state index contributed by atoms with van der Waals surface area (Å²) in [5.41, 5.74) is 0.711. The van der Waals surface area contributed by atoms with E-state index in [4.69, 9.17) is 9.47 Å². The second kappa shape index (κ2) is 12.3. The van der Waals surface area contributed by atoms with E-state index in [1.165, 1.54) is 6.20 Å². The highest BCUT2D eigenvalue weighted by Crippen LogP contribution is 2.27. The number of hydrogen-bond donors (Lipinski definition) is 2. The molecule has 0 aromatic carbocycles. The van der Waals surface area contributed by atoms with Gasteiger partial charge in [0.15, 0.2) is 0 Å². The predicted molar refractivity (Wildman–Crippen MR) is 129 cm³/mol. The molecular weight excluding hydrogens is 452 g/mol. The van der Waals surface area contributed by atoms with Crippen LogP contribution in [0.15, 0.2) is 12.3 Å². The molecule has 0 radical (unpaired) electrons. The van der Waals surface area contributed by atoms with Gasteiger partial charge in [-0.1, -0.05) is 18.8 Å². The molecule has 35 heavy (non-hydrogen) atoms. The summed E-state index contributed by atoms with van der Waals surface area (Å²) in [5, 5.41) is 19.2. The number of amides is 2. The van der Waals surface area contributed by atoms with Crippen molar-refractivity contribution < 1.29 is 29.3 Å². The highest BCUT2D eigenvalue weighted by Gasteiger charge is 2.34. The number of morpholine rings is 1. The Balaban J connectivity index is 1.85. The van der Waals surface area contributed by atoms with Gasteiger partial charge in [-0.2, -0.15) is 0 Å².